The first-order valence-corrected chi connectivity index (χ1v) is 7.76. The van der Waals surface area contributed by atoms with E-state index in [1.54, 1.807) is 24.3 Å². The van der Waals surface area contributed by atoms with Crippen molar-refractivity contribution in [3.63, 3.8) is 0 Å². The molecule has 3 nitrogen and oxygen atoms in total. The number of carbonyl (C=O) groups is 1. The highest BCUT2D eigenvalue weighted by atomic mass is 35.5. The van der Waals surface area contributed by atoms with E-state index in [-0.39, 0.29) is 10.6 Å². The van der Waals surface area contributed by atoms with Gasteiger partial charge >= 0.3 is 6.18 Å². The van der Waals surface area contributed by atoms with Crippen LogP contribution in [0.1, 0.15) is 18.1 Å². The van der Waals surface area contributed by atoms with Gasteiger partial charge in [-0.1, -0.05) is 17.7 Å². The molecule has 25 heavy (non-hydrogen) atoms. The number of anilines is 1. The summed E-state index contributed by atoms with van der Waals surface area (Å²) in [7, 11) is 0. The molecule has 0 heterocycles. The maximum absolute atomic E-state index is 12.8. The largest absolute Gasteiger partial charge is 0.494 e. The number of hydrogen-bond acceptors (Lipinski definition) is 2. The summed E-state index contributed by atoms with van der Waals surface area (Å²) in [5, 5.41) is 2.22. The van der Waals surface area contributed by atoms with Crippen LogP contribution in [0.5, 0.6) is 5.75 Å². The molecule has 0 aromatic heterocycles. The van der Waals surface area contributed by atoms with E-state index in [4.69, 9.17) is 16.3 Å². The van der Waals surface area contributed by atoms with Crippen LogP contribution in [0.3, 0.4) is 0 Å². The quantitative estimate of drug-likeness (QED) is 0.716. The van der Waals surface area contributed by atoms with Crippen LogP contribution in [0, 0.1) is 0 Å². The Labute approximate surface area is 148 Å². The summed E-state index contributed by atoms with van der Waals surface area (Å²) in [6.07, 6.45) is -2.11. The number of nitrogens with one attached hydrogen (secondary N) is 1. The van der Waals surface area contributed by atoms with Crippen molar-refractivity contribution in [3.8, 4) is 5.75 Å². The van der Waals surface area contributed by atoms with Gasteiger partial charge in [0.2, 0.25) is 5.91 Å². The van der Waals surface area contributed by atoms with E-state index in [0.717, 1.165) is 18.2 Å². The van der Waals surface area contributed by atoms with Gasteiger partial charge in [-0.2, -0.15) is 13.2 Å². The molecule has 2 rings (SSSR count). The Morgan fingerprint density at radius 1 is 1.20 bits per heavy atom. The van der Waals surface area contributed by atoms with Gasteiger partial charge in [0.1, 0.15) is 5.75 Å². The third kappa shape index (κ3) is 5.53. The Morgan fingerprint density at radius 3 is 2.48 bits per heavy atom. The van der Waals surface area contributed by atoms with Gasteiger partial charge in [-0.3, -0.25) is 4.79 Å². The second kappa shape index (κ2) is 8.07. The second-order valence-electron chi connectivity index (χ2n) is 5.02. The Hall–Kier alpha value is -2.47. The maximum Gasteiger partial charge on any atom is 0.417 e. The maximum atomic E-state index is 12.8. The number of amides is 1. The highest BCUT2D eigenvalue weighted by molar-refractivity contribution is 6.31. The van der Waals surface area contributed by atoms with Gasteiger partial charge in [-0.15, -0.1) is 0 Å². The van der Waals surface area contributed by atoms with Gasteiger partial charge in [-0.05, 0) is 55.0 Å². The van der Waals surface area contributed by atoms with Crippen LogP contribution < -0.4 is 10.1 Å². The van der Waals surface area contributed by atoms with Gasteiger partial charge in [0.25, 0.3) is 0 Å². The second-order valence-corrected chi connectivity index (χ2v) is 5.42. The summed E-state index contributed by atoms with van der Waals surface area (Å²) >= 11 is 5.55. The van der Waals surface area contributed by atoms with Gasteiger partial charge < -0.3 is 10.1 Å². The van der Waals surface area contributed by atoms with Crippen LogP contribution in [-0.2, 0) is 11.0 Å². The summed E-state index contributed by atoms with van der Waals surface area (Å²) in [4.78, 5) is 11.9. The number of carbonyl (C=O) groups excluding carboxylic acids is 1. The van der Waals surface area contributed by atoms with Crippen molar-refractivity contribution >= 4 is 29.3 Å². The lowest BCUT2D eigenvalue weighted by Crippen LogP contribution is -2.08. The number of ether oxygens (including phenoxy) is 1. The first kappa shape index (κ1) is 18.9. The summed E-state index contributed by atoms with van der Waals surface area (Å²) in [6.45, 7) is 2.40. The Balaban J connectivity index is 2.05. The molecule has 132 valence electrons. The van der Waals surface area contributed by atoms with E-state index in [9.17, 15) is 18.0 Å². The van der Waals surface area contributed by atoms with Crippen LogP contribution in [0.2, 0.25) is 5.02 Å². The molecule has 0 saturated carbocycles. The molecule has 0 atom stereocenters. The topological polar surface area (TPSA) is 38.3 Å². The molecule has 7 heteroatoms. The van der Waals surface area contributed by atoms with Crippen molar-refractivity contribution < 1.29 is 22.7 Å². The minimum atomic E-state index is -4.55. The molecule has 0 aliphatic rings. The highest BCUT2D eigenvalue weighted by Gasteiger charge is 2.33. The van der Waals surface area contributed by atoms with Gasteiger partial charge in [-0.25, -0.2) is 0 Å². The monoisotopic (exact) mass is 369 g/mol. The van der Waals surface area contributed by atoms with E-state index in [0.29, 0.717) is 18.0 Å². The highest BCUT2D eigenvalue weighted by Crippen LogP contribution is 2.35. The molecule has 0 bridgehead atoms. The van der Waals surface area contributed by atoms with Crippen molar-refractivity contribution in [1.82, 2.24) is 0 Å². The molecule has 0 aliphatic heterocycles. The zero-order valence-corrected chi connectivity index (χ0v) is 14.0. The van der Waals surface area contributed by atoms with Crippen LogP contribution in [0.25, 0.3) is 6.08 Å². The lowest BCUT2D eigenvalue weighted by molar-refractivity contribution is -0.137. The zero-order valence-electron chi connectivity index (χ0n) is 13.2. The molecule has 2 aromatic rings. The standard InChI is InChI=1S/C18H15ClF3NO2/c1-2-25-14-7-5-13(6-8-14)23-17(24)10-4-12-3-9-16(19)15(11-12)18(20,21)22/h3-11H,2H2,1H3,(H,23,24)/b10-4+. The average Bonchev–Trinajstić information content (AvgIpc) is 2.55. The summed E-state index contributed by atoms with van der Waals surface area (Å²) in [5.41, 5.74) is -0.174. The smallest absolute Gasteiger partial charge is 0.417 e. The zero-order chi connectivity index (χ0) is 18.4. The molecule has 0 saturated heterocycles. The molecule has 0 aliphatic carbocycles. The Morgan fingerprint density at radius 2 is 1.88 bits per heavy atom. The van der Waals surface area contributed by atoms with Crippen LogP contribution in [-0.4, -0.2) is 12.5 Å². The van der Waals surface area contributed by atoms with Crippen molar-refractivity contribution in [2.45, 2.75) is 13.1 Å². The number of benzene rings is 2. The summed E-state index contributed by atoms with van der Waals surface area (Å²) in [5.74, 6) is 0.213. The van der Waals surface area contributed by atoms with Crippen molar-refractivity contribution in [2.75, 3.05) is 11.9 Å². The third-order valence-electron chi connectivity index (χ3n) is 3.16. The summed E-state index contributed by atoms with van der Waals surface area (Å²) in [6, 6.07) is 10.2. The van der Waals surface area contributed by atoms with E-state index in [2.05, 4.69) is 5.32 Å². The van der Waals surface area contributed by atoms with Gasteiger partial charge in [0, 0.05) is 11.8 Å². The molecule has 0 unspecified atom stereocenters. The van der Waals surface area contributed by atoms with Crippen molar-refractivity contribution in [2.24, 2.45) is 0 Å². The fourth-order valence-electron chi connectivity index (χ4n) is 2.02. The Bertz CT molecular complexity index is 771. The number of alkyl halides is 3. The van der Waals surface area contributed by atoms with Crippen LogP contribution >= 0.6 is 11.6 Å². The van der Waals surface area contributed by atoms with Crippen molar-refractivity contribution in [3.05, 3.63) is 64.7 Å². The van der Waals surface area contributed by atoms with E-state index in [1.165, 1.54) is 12.1 Å². The summed E-state index contributed by atoms with van der Waals surface area (Å²) < 4.78 is 43.7. The molecule has 2 aromatic carbocycles. The first-order valence-electron chi connectivity index (χ1n) is 7.38. The molecular weight excluding hydrogens is 355 g/mol. The predicted molar refractivity (Wildman–Crippen MR) is 91.7 cm³/mol. The fourth-order valence-corrected chi connectivity index (χ4v) is 2.25. The Kier molecular flexibility index (Phi) is 6.09. The molecule has 0 spiro atoms. The number of hydrogen-bond donors (Lipinski definition) is 1. The number of halogens is 4. The first-order chi connectivity index (χ1) is 11.8. The number of rotatable bonds is 5. The van der Waals surface area contributed by atoms with Gasteiger partial charge in [0.15, 0.2) is 0 Å². The minimum absolute atomic E-state index is 0.221. The molecule has 0 fully saturated rings. The van der Waals surface area contributed by atoms with E-state index < -0.39 is 17.6 Å². The SMILES string of the molecule is CCOc1ccc(NC(=O)/C=C/c2ccc(Cl)c(C(F)(F)F)c2)cc1. The minimum Gasteiger partial charge on any atom is -0.494 e. The normalized spacial score (nSPS) is 11.6. The molecular formula is C18H15ClF3NO2. The third-order valence-corrected chi connectivity index (χ3v) is 3.49. The van der Waals surface area contributed by atoms with E-state index >= 15 is 0 Å². The predicted octanol–water partition coefficient (Wildman–Crippen LogP) is 5.41. The van der Waals surface area contributed by atoms with E-state index in [1.807, 2.05) is 6.92 Å². The lowest BCUT2D eigenvalue weighted by Gasteiger charge is -2.09. The average molecular weight is 370 g/mol. The van der Waals surface area contributed by atoms with Gasteiger partial charge in [0.05, 0.1) is 17.2 Å². The molecule has 0 radical (unpaired) electrons. The van der Waals surface area contributed by atoms with Crippen LogP contribution in [0.4, 0.5) is 18.9 Å². The van der Waals surface area contributed by atoms with Crippen molar-refractivity contribution in [1.29, 1.82) is 0 Å². The lowest BCUT2D eigenvalue weighted by atomic mass is 10.1. The molecule has 1 N–H and O–H groups in total. The molecule has 1 amide bonds. The van der Waals surface area contributed by atoms with Crippen LogP contribution in [0.15, 0.2) is 48.5 Å². The fraction of sp³-hybridized carbons (Fsp3) is 0.167.